The second-order valence-electron chi connectivity index (χ2n) is 4.74. The van der Waals surface area contributed by atoms with Gasteiger partial charge in [0.15, 0.2) is 0 Å². The van der Waals surface area contributed by atoms with Crippen LogP contribution in [0.15, 0.2) is 29.2 Å². The Morgan fingerprint density at radius 3 is 2.81 bits per heavy atom. The first-order valence-corrected chi connectivity index (χ1v) is 7.67. The summed E-state index contributed by atoms with van der Waals surface area (Å²) < 4.78 is 12.8. The van der Waals surface area contributed by atoms with Crippen molar-refractivity contribution in [2.24, 2.45) is 0 Å². The lowest BCUT2D eigenvalue weighted by molar-refractivity contribution is -0.143. The number of thioether (sulfide) groups is 1. The number of halogens is 1. The van der Waals surface area contributed by atoms with Crippen molar-refractivity contribution in [3.05, 3.63) is 30.1 Å². The van der Waals surface area contributed by atoms with Crippen LogP contribution in [0.4, 0.5) is 4.39 Å². The summed E-state index contributed by atoms with van der Waals surface area (Å²) in [6.07, 6.45) is -0.187. The smallest absolute Gasteiger partial charge is 0.305 e. The Bertz CT molecular complexity index is 509. The Hall–Kier alpha value is -1.60. The highest BCUT2D eigenvalue weighted by Crippen LogP contribution is 2.19. The number of carboxylic acids is 1. The molecule has 1 aromatic rings. The molecule has 2 N–H and O–H groups in total. The minimum atomic E-state index is -0.978. The maximum atomic E-state index is 12.8. The van der Waals surface area contributed by atoms with Crippen LogP contribution in [0.25, 0.3) is 0 Å². The molecule has 0 aliphatic carbocycles. The molecule has 1 aromatic carbocycles. The molecule has 1 unspecified atom stereocenters. The molecule has 1 heterocycles. The van der Waals surface area contributed by atoms with E-state index in [1.807, 2.05) is 4.90 Å². The van der Waals surface area contributed by atoms with Gasteiger partial charge in [-0.2, -0.15) is 0 Å². The average Bonchev–Trinajstić information content (AvgIpc) is 2.44. The fourth-order valence-corrected chi connectivity index (χ4v) is 3.12. The van der Waals surface area contributed by atoms with Crippen molar-refractivity contribution in [3.63, 3.8) is 0 Å². The highest BCUT2D eigenvalue weighted by molar-refractivity contribution is 7.99. The molecule has 5 nitrogen and oxygen atoms in total. The molecule has 0 bridgehead atoms. The number of carboxylic acid groups (broad SMARTS) is 1. The Morgan fingerprint density at radius 1 is 1.43 bits per heavy atom. The Morgan fingerprint density at radius 2 is 2.14 bits per heavy atom. The van der Waals surface area contributed by atoms with Crippen LogP contribution in [0.3, 0.4) is 0 Å². The fourth-order valence-electron chi connectivity index (χ4n) is 2.23. The van der Waals surface area contributed by atoms with E-state index < -0.39 is 12.0 Å². The van der Waals surface area contributed by atoms with Gasteiger partial charge >= 0.3 is 5.97 Å². The van der Waals surface area contributed by atoms with E-state index >= 15 is 0 Å². The Labute approximate surface area is 126 Å². The normalized spacial score (nSPS) is 19.3. The van der Waals surface area contributed by atoms with Gasteiger partial charge in [0, 0.05) is 30.3 Å². The van der Waals surface area contributed by atoms with Crippen LogP contribution in [0.2, 0.25) is 0 Å². The molecule has 1 saturated heterocycles. The van der Waals surface area contributed by atoms with Crippen molar-refractivity contribution >= 4 is 23.6 Å². The third kappa shape index (κ3) is 4.71. The van der Waals surface area contributed by atoms with E-state index in [-0.39, 0.29) is 18.1 Å². The van der Waals surface area contributed by atoms with Crippen LogP contribution in [-0.4, -0.2) is 53.3 Å². The third-order valence-corrected chi connectivity index (χ3v) is 4.26. The molecule has 0 radical (unpaired) electrons. The maximum Gasteiger partial charge on any atom is 0.305 e. The van der Waals surface area contributed by atoms with Gasteiger partial charge in [0.25, 0.3) is 0 Å². The van der Waals surface area contributed by atoms with Gasteiger partial charge in [-0.3, -0.25) is 14.5 Å². The molecule has 0 aromatic heterocycles. The average molecular weight is 312 g/mol. The van der Waals surface area contributed by atoms with Crippen LogP contribution < -0.4 is 5.32 Å². The predicted octanol–water partition coefficient (Wildman–Crippen LogP) is 1.19. The van der Waals surface area contributed by atoms with Crippen molar-refractivity contribution in [3.8, 4) is 0 Å². The number of hydrogen-bond acceptors (Lipinski definition) is 4. The number of carbonyl (C=O) groups is 2. The largest absolute Gasteiger partial charge is 0.481 e. The van der Waals surface area contributed by atoms with E-state index in [0.717, 1.165) is 10.6 Å². The molecule has 114 valence electrons. The summed E-state index contributed by atoms with van der Waals surface area (Å²) in [7, 11) is 0. The van der Waals surface area contributed by atoms with Crippen molar-refractivity contribution in [1.29, 1.82) is 0 Å². The summed E-state index contributed by atoms with van der Waals surface area (Å²) in [5.74, 6) is -0.757. The first-order valence-electron chi connectivity index (χ1n) is 6.68. The van der Waals surface area contributed by atoms with Gasteiger partial charge in [-0.1, -0.05) is 0 Å². The lowest BCUT2D eigenvalue weighted by atomic mass is 10.1. The van der Waals surface area contributed by atoms with Gasteiger partial charge in [-0.25, -0.2) is 4.39 Å². The van der Waals surface area contributed by atoms with E-state index in [4.69, 9.17) is 5.11 Å². The lowest BCUT2D eigenvalue weighted by Crippen LogP contribution is -2.56. The number of rotatable bonds is 6. The zero-order valence-corrected chi connectivity index (χ0v) is 12.2. The van der Waals surface area contributed by atoms with Crippen molar-refractivity contribution in [2.45, 2.75) is 17.4 Å². The van der Waals surface area contributed by atoms with Gasteiger partial charge in [-0.15, -0.1) is 11.8 Å². The van der Waals surface area contributed by atoms with Gasteiger partial charge in [0.05, 0.1) is 12.5 Å². The second-order valence-corrected chi connectivity index (χ2v) is 5.91. The minimum Gasteiger partial charge on any atom is -0.481 e. The summed E-state index contributed by atoms with van der Waals surface area (Å²) in [5, 5.41) is 11.6. The molecule has 2 rings (SSSR count). The Kier molecular flexibility index (Phi) is 5.58. The van der Waals surface area contributed by atoms with Crippen LogP contribution >= 0.6 is 11.8 Å². The molecule has 1 aliphatic rings. The number of benzene rings is 1. The summed E-state index contributed by atoms with van der Waals surface area (Å²) in [5.41, 5.74) is 0. The summed E-state index contributed by atoms with van der Waals surface area (Å²) in [6.45, 7) is 1.80. The van der Waals surface area contributed by atoms with Crippen molar-refractivity contribution in [1.82, 2.24) is 10.2 Å². The number of amides is 1. The van der Waals surface area contributed by atoms with Crippen LogP contribution in [0, 0.1) is 5.82 Å². The molecule has 0 saturated carbocycles. The SMILES string of the molecule is O=C(O)CC1C(=O)NCCN1CCSc1ccc(F)cc1. The maximum absolute atomic E-state index is 12.8. The number of carbonyl (C=O) groups excluding carboxylic acids is 1. The van der Waals surface area contributed by atoms with E-state index in [9.17, 15) is 14.0 Å². The summed E-state index contributed by atoms with van der Waals surface area (Å²) >= 11 is 1.56. The number of nitrogens with one attached hydrogen (secondary N) is 1. The molecule has 1 atom stereocenters. The molecule has 1 amide bonds. The highest BCUT2D eigenvalue weighted by Gasteiger charge is 2.31. The number of hydrogen-bond donors (Lipinski definition) is 2. The number of piperazine rings is 1. The van der Waals surface area contributed by atoms with E-state index in [1.165, 1.54) is 12.1 Å². The van der Waals surface area contributed by atoms with Crippen molar-refractivity contribution < 1.29 is 19.1 Å². The van der Waals surface area contributed by atoms with Crippen molar-refractivity contribution in [2.75, 3.05) is 25.4 Å². The zero-order valence-electron chi connectivity index (χ0n) is 11.4. The third-order valence-electron chi connectivity index (χ3n) is 3.27. The lowest BCUT2D eigenvalue weighted by Gasteiger charge is -2.34. The second kappa shape index (κ2) is 7.42. The fraction of sp³-hybridized carbons (Fsp3) is 0.429. The molecular weight excluding hydrogens is 295 g/mol. The summed E-state index contributed by atoms with van der Waals surface area (Å²) in [4.78, 5) is 25.4. The number of nitrogens with zero attached hydrogens (tertiary/aromatic N) is 1. The van der Waals surface area contributed by atoms with E-state index in [1.54, 1.807) is 23.9 Å². The number of aliphatic carboxylic acids is 1. The first-order chi connectivity index (χ1) is 10.1. The standard InChI is InChI=1S/C14H17FN2O3S/c15-10-1-3-11(4-2-10)21-8-7-17-6-5-16-14(20)12(17)9-13(18)19/h1-4,12H,5-9H2,(H,16,20)(H,18,19). The van der Waals surface area contributed by atoms with Gasteiger partial charge in [-0.05, 0) is 24.3 Å². The molecule has 1 aliphatic heterocycles. The van der Waals surface area contributed by atoms with E-state index in [2.05, 4.69) is 5.32 Å². The van der Waals surface area contributed by atoms with Gasteiger partial charge < -0.3 is 10.4 Å². The quantitative estimate of drug-likeness (QED) is 0.772. The zero-order chi connectivity index (χ0) is 15.2. The minimum absolute atomic E-state index is 0.187. The highest BCUT2D eigenvalue weighted by atomic mass is 32.2. The molecule has 7 heteroatoms. The molecule has 0 spiro atoms. The predicted molar refractivity (Wildman–Crippen MR) is 77.7 cm³/mol. The first kappa shape index (κ1) is 15.8. The van der Waals surface area contributed by atoms with Gasteiger partial charge in [0.2, 0.25) is 5.91 Å². The van der Waals surface area contributed by atoms with Crippen LogP contribution in [-0.2, 0) is 9.59 Å². The van der Waals surface area contributed by atoms with Crippen LogP contribution in [0.5, 0.6) is 0 Å². The molecule has 1 fully saturated rings. The molecule has 21 heavy (non-hydrogen) atoms. The Balaban J connectivity index is 1.86. The van der Waals surface area contributed by atoms with E-state index in [0.29, 0.717) is 19.6 Å². The topological polar surface area (TPSA) is 69.6 Å². The monoisotopic (exact) mass is 312 g/mol. The van der Waals surface area contributed by atoms with Crippen LogP contribution in [0.1, 0.15) is 6.42 Å². The summed E-state index contributed by atoms with van der Waals surface area (Å²) in [6, 6.07) is 5.62. The molecular formula is C14H17FN2O3S. The van der Waals surface area contributed by atoms with Gasteiger partial charge in [0.1, 0.15) is 5.82 Å².